The van der Waals surface area contributed by atoms with Crippen LogP contribution in [0.15, 0.2) is 54.6 Å². The lowest BCUT2D eigenvalue weighted by Gasteiger charge is -2.13. The minimum absolute atomic E-state index is 0.00218. The van der Waals surface area contributed by atoms with Crippen molar-refractivity contribution >= 4 is 23.7 Å². The summed E-state index contributed by atoms with van der Waals surface area (Å²) in [5.74, 6) is -1.01. The Labute approximate surface area is 173 Å². The van der Waals surface area contributed by atoms with Crippen LogP contribution in [0, 0.1) is 0 Å². The molecule has 156 valence electrons. The Morgan fingerprint density at radius 1 is 0.900 bits per heavy atom. The van der Waals surface area contributed by atoms with Gasteiger partial charge in [0.05, 0.1) is 17.7 Å². The molecular formula is C22H22N2O6. The molecule has 3 amide bonds. The van der Waals surface area contributed by atoms with Crippen LogP contribution in [-0.4, -0.2) is 54.9 Å². The second-order valence-electron chi connectivity index (χ2n) is 6.58. The van der Waals surface area contributed by atoms with Crippen molar-refractivity contribution in [3.05, 3.63) is 65.7 Å². The van der Waals surface area contributed by atoms with Crippen LogP contribution in [0.5, 0.6) is 5.75 Å². The van der Waals surface area contributed by atoms with Crippen LogP contribution < -0.4 is 10.1 Å². The molecule has 0 radical (unpaired) electrons. The first kappa shape index (κ1) is 21.0. The number of carbonyl (C=O) groups excluding carboxylic acids is 4. The van der Waals surface area contributed by atoms with E-state index in [9.17, 15) is 19.2 Å². The molecule has 2 aromatic carbocycles. The molecule has 8 nitrogen and oxygen atoms in total. The Balaban J connectivity index is 1.28. The maximum Gasteiger partial charge on any atom is 0.306 e. The number of ether oxygens (including phenoxy) is 2. The van der Waals surface area contributed by atoms with Crippen molar-refractivity contribution in [2.24, 2.45) is 0 Å². The third kappa shape index (κ3) is 5.44. The molecule has 1 aliphatic heterocycles. The number of esters is 1. The van der Waals surface area contributed by atoms with Crippen LogP contribution in [0.25, 0.3) is 0 Å². The second-order valence-corrected chi connectivity index (χ2v) is 6.58. The lowest BCUT2D eigenvalue weighted by Crippen LogP contribution is -2.32. The lowest BCUT2D eigenvalue weighted by atomic mass is 10.1. The van der Waals surface area contributed by atoms with Gasteiger partial charge < -0.3 is 14.8 Å². The molecule has 0 bridgehead atoms. The van der Waals surface area contributed by atoms with Gasteiger partial charge in [-0.15, -0.1) is 0 Å². The minimum atomic E-state index is -0.567. The zero-order chi connectivity index (χ0) is 21.3. The van der Waals surface area contributed by atoms with E-state index >= 15 is 0 Å². The molecule has 0 aliphatic carbocycles. The molecular weight excluding hydrogens is 388 g/mol. The van der Waals surface area contributed by atoms with E-state index in [1.165, 1.54) is 0 Å². The van der Waals surface area contributed by atoms with Crippen molar-refractivity contribution in [2.75, 3.05) is 26.3 Å². The number of benzene rings is 2. The van der Waals surface area contributed by atoms with Crippen molar-refractivity contribution in [1.82, 2.24) is 10.2 Å². The number of nitrogens with one attached hydrogen (secondary N) is 1. The molecule has 8 heteroatoms. The third-order valence-corrected chi connectivity index (χ3v) is 4.44. The van der Waals surface area contributed by atoms with Crippen molar-refractivity contribution in [1.29, 1.82) is 0 Å². The molecule has 0 atom stereocenters. The lowest BCUT2D eigenvalue weighted by molar-refractivity contribution is -0.148. The first-order valence-electron chi connectivity index (χ1n) is 9.61. The van der Waals surface area contributed by atoms with E-state index in [0.29, 0.717) is 23.5 Å². The second kappa shape index (κ2) is 10.2. The number of imide groups is 1. The fourth-order valence-corrected chi connectivity index (χ4v) is 2.97. The minimum Gasteiger partial charge on any atom is -0.492 e. The van der Waals surface area contributed by atoms with E-state index in [0.717, 1.165) is 4.90 Å². The van der Waals surface area contributed by atoms with E-state index in [-0.39, 0.29) is 37.7 Å². The van der Waals surface area contributed by atoms with E-state index in [1.807, 2.05) is 30.3 Å². The van der Waals surface area contributed by atoms with Gasteiger partial charge in [0.1, 0.15) is 12.4 Å². The Hall–Kier alpha value is -3.68. The molecule has 2 aromatic rings. The number of hydrogen-bond acceptors (Lipinski definition) is 6. The average Bonchev–Trinajstić information content (AvgIpc) is 3.01. The molecule has 0 saturated carbocycles. The third-order valence-electron chi connectivity index (χ3n) is 4.44. The van der Waals surface area contributed by atoms with E-state index < -0.39 is 18.5 Å². The molecule has 1 aliphatic rings. The fraction of sp³-hybridized carbons (Fsp3) is 0.273. The summed E-state index contributed by atoms with van der Waals surface area (Å²) in [6, 6.07) is 15.8. The number of amides is 3. The van der Waals surface area contributed by atoms with Gasteiger partial charge in [-0.25, -0.2) is 0 Å². The van der Waals surface area contributed by atoms with E-state index in [4.69, 9.17) is 9.47 Å². The summed E-state index contributed by atoms with van der Waals surface area (Å²) in [5.41, 5.74) is 0.746. The standard InChI is InChI=1S/C22H22N2O6/c25-19(23-12-14-29-16-7-2-1-3-8-16)15-30-20(26)11-6-13-24-21(27)17-9-4-5-10-18(17)22(24)28/h1-5,7-10H,6,11-15H2,(H,23,25). The molecule has 3 rings (SSSR count). The van der Waals surface area contributed by atoms with E-state index in [1.54, 1.807) is 24.3 Å². The van der Waals surface area contributed by atoms with Gasteiger partial charge in [-0.05, 0) is 30.7 Å². The van der Waals surface area contributed by atoms with Crippen molar-refractivity contribution in [3.8, 4) is 5.75 Å². The van der Waals surface area contributed by atoms with Gasteiger partial charge >= 0.3 is 5.97 Å². The van der Waals surface area contributed by atoms with Gasteiger partial charge in [-0.2, -0.15) is 0 Å². The summed E-state index contributed by atoms with van der Waals surface area (Å²) in [7, 11) is 0. The molecule has 1 heterocycles. The van der Waals surface area contributed by atoms with Crippen LogP contribution in [0.3, 0.4) is 0 Å². The number of carbonyl (C=O) groups is 4. The Bertz CT molecular complexity index is 893. The normalized spacial score (nSPS) is 12.5. The Morgan fingerprint density at radius 2 is 1.53 bits per heavy atom. The first-order chi connectivity index (χ1) is 14.6. The summed E-state index contributed by atoms with van der Waals surface area (Å²) in [4.78, 5) is 49.1. The maximum absolute atomic E-state index is 12.2. The van der Waals surface area contributed by atoms with Crippen LogP contribution in [-0.2, 0) is 14.3 Å². The first-order valence-corrected chi connectivity index (χ1v) is 9.61. The fourth-order valence-electron chi connectivity index (χ4n) is 2.97. The summed E-state index contributed by atoms with van der Waals surface area (Å²) in [6.07, 6.45) is 0.259. The van der Waals surface area contributed by atoms with Gasteiger partial charge in [0.15, 0.2) is 6.61 Å². The van der Waals surface area contributed by atoms with Crippen molar-refractivity contribution < 1.29 is 28.7 Å². The number of fused-ring (bicyclic) bond motifs is 1. The van der Waals surface area contributed by atoms with Gasteiger partial charge in [0.2, 0.25) is 0 Å². The highest BCUT2D eigenvalue weighted by Crippen LogP contribution is 2.22. The summed E-state index contributed by atoms with van der Waals surface area (Å²) >= 11 is 0. The Kier molecular flexibility index (Phi) is 7.15. The molecule has 1 N–H and O–H groups in total. The predicted octanol–water partition coefficient (Wildman–Crippen LogP) is 1.80. The summed E-state index contributed by atoms with van der Waals surface area (Å²) < 4.78 is 10.4. The smallest absolute Gasteiger partial charge is 0.306 e. The highest BCUT2D eigenvalue weighted by molar-refractivity contribution is 6.21. The number of nitrogens with zero attached hydrogens (tertiary/aromatic N) is 1. The van der Waals surface area contributed by atoms with Crippen LogP contribution in [0.1, 0.15) is 33.6 Å². The summed E-state index contributed by atoms with van der Waals surface area (Å²) in [5, 5.41) is 2.59. The predicted molar refractivity (Wildman–Crippen MR) is 107 cm³/mol. The largest absolute Gasteiger partial charge is 0.492 e. The van der Waals surface area contributed by atoms with Gasteiger partial charge in [-0.3, -0.25) is 24.1 Å². The van der Waals surface area contributed by atoms with Gasteiger partial charge in [-0.1, -0.05) is 30.3 Å². The summed E-state index contributed by atoms with van der Waals surface area (Å²) in [6.45, 7) is 0.302. The average molecular weight is 410 g/mol. The topological polar surface area (TPSA) is 102 Å². The van der Waals surface area contributed by atoms with Crippen molar-refractivity contribution in [2.45, 2.75) is 12.8 Å². The van der Waals surface area contributed by atoms with Gasteiger partial charge in [0.25, 0.3) is 17.7 Å². The van der Waals surface area contributed by atoms with Gasteiger partial charge in [0, 0.05) is 13.0 Å². The van der Waals surface area contributed by atoms with Crippen molar-refractivity contribution in [3.63, 3.8) is 0 Å². The molecule has 0 saturated heterocycles. The van der Waals surface area contributed by atoms with Crippen LogP contribution in [0.2, 0.25) is 0 Å². The zero-order valence-electron chi connectivity index (χ0n) is 16.3. The molecule has 0 fully saturated rings. The number of para-hydroxylation sites is 1. The van der Waals surface area contributed by atoms with E-state index in [2.05, 4.69) is 5.32 Å². The maximum atomic E-state index is 12.2. The Morgan fingerprint density at radius 3 is 2.20 bits per heavy atom. The molecule has 0 spiro atoms. The molecule has 30 heavy (non-hydrogen) atoms. The highest BCUT2D eigenvalue weighted by Gasteiger charge is 2.34. The molecule has 0 unspecified atom stereocenters. The quantitative estimate of drug-likeness (QED) is 0.364. The molecule has 0 aromatic heterocycles. The number of hydrogen-bond donors (Lipinski definition) is 1. The van der Waals surface area contributed by atoms with Crippen LogP contribution >= 0.6 is 0 Å². The monoisotopic (exact) mass is 410 g/mol. The zero-order valence-corrected chi connectivity index (χ0v) is 16.3. The number of rotatable bonds is 10. The van der Waals surface area contributed by atoms with Crippen LogP contribution in [0.4, 0.5) is 0 Å². The SMILES string of the molecule is O=C(COC(=O)CCCN1C(=O)c2ccccc2C1=O)NCCOc1ccccc1. The highest BCUT2D eigenvalue weighted by atomic mass is 16.5.